The molecule has 21 heavy (non-hydrogen) atoms. The smallest absolute Gasteiger partial charge is 0.170 e. The summed E-state index contributed by atoms with van der Waals surface area (Å²) in [5.41, 5.74) is -0.486. The molecule has 0 heterocycles. The van der Waals surface area contributed by atoms with Gasteiger partial charge in [0.15, 0.2) is 0 Å². The molecule has 0 fully saturated rings. The van der Waals surface area contributed by atoms with Crippen molar-refractivity contribution in [1.82, 2.24) is 0 Å². The maximum absolute atomic E-state index is 14.0. The predicted molar refractivity (Wildman–Crippen MR) is 77.7 cm³/mol. The zero-order chi connectivity index (χ0) is 15.1. The molecule has 2 aromatic rings. The van der Waals surface area contributed by atoms with E-state index in [9.17, 15) is 13.2 Å². The van der Waals surface area contributed by atoms with Crippen molar-refractivity contribution >= 4 is 11.6 Å². The van der Waals surface area contributed by atoms with Gasteiger partial charge < -0.3 is 0 Å². The first-order chi connectivity index (χ1) is 9.95. The van der Waals surface area contributed by atoms with E-state index in [2.05, 4.69) is 0 Å². The van der Waals surface area contributed by atoms with E-state index < -0.39 is 11.6 Å². The Morgan fingerprint density at radius 3 is 2.29 bits per heavy atom. The molecule has 0 saturated heterocycles. The van der Waals surface area contributed by atoms with Crippen LogP contribution >= 0.6 is 11.6 Å². The summed E-state index contributed by atoms with van der Waals surface area (Å²) in [5, 5.41) is 0.445. The number of halogens is 4. The highest BCUT2D eigenvalue weighted by Crippen LogP contribution is 2.52. The SMILES string of the molecule is FC(F)(F)C1(c2ccc(Cl)cc2)CCCc2ccccc21. The minimum atomic E-state index is -4.34. The minimum Gasteiger partial charge on any atom is -0.170 e. The summed E-state index contributed by atoms with van der Waals surface area (Å²) in [6.07, 6.45) is -3.03. The monoisotopic (exact) mass is 310 g/mol. The van der Waals surface area contributed by atoms with Crippen LogP contribution in [0.2, 0.25) is 5.02 Å². The molecule has 110 valence electrons. The molecule has 1 aliphatic rings. The van der Waals surface area contributed by atoms with Crippen LogP contribution in [0.4, 0.5) is 13.2 Å². The normalized spacial score (nSPS) is 21.9. The number of alkyl halides is 3. The summed E-state index contributed by atoms with van der Waals surface area (Å²) in [4.78, 5) is 0. The molecule has 0 amide bonds. The van der Waals surface area contributed by atoms with E-state index in [0.29, 0.717) is 23.4 Å². The molecule has 1 unspecified atom stereocenters. The van der Waals surface area contributed by atoms with E-state index in [1.54, 1.807) is 24.3 Å². The van der Waals surface area contributed by atoms with Crippen molar-refractivity contribution in [3.8, 4) is 0 Å². The molecule has 1 aliphatic carbocycles. The summed E-state index contributed by atoms with van der Waals surface area (Å²) < 4.78 is 42.1. The molecule has 0 aliphatic heterocycles. The number of hydrogen-bond donors (Lipinski definition) is 0. The van der Waals surface area contributed by atoms with Crippen LogP contribution in [0.15, 0.2) is 48.5 Å². The molecular weight excluding hydrogens is 297 g/mol. The van der Waals surface area contributed by atoms with Crippen molar-refractivity contribution in [2.24, 2.45) is 0 Å². The maximum atomic E-state index is 14.0. The van der Waals surface area contributed by atoms with E-state index in [0.717, 1.165) is 5.56 Å². The number of fused-ring (bicyclic) bond motifs is 1. The second kappa shape index (κ2) is 5.06. The maximum Gasteiger partial charge on any atom is 0.402 e. The van der Waals surface area contributed by atoms with Gasteiger partial charge in [0.25, 0.3) is 0 Å². The van der Waals surface area contributed by atoms with Crippen LogP contribution in [0.25, 0.3) is 0 Å². The minimum absolute atomic E-state index is 0.0785. The number of hydrogen-bond acceptors (Lipinski definition) is 0. The van der Waals surface area contributed by atoms with Gasteiger partial charge in [-0.15, -0.1) is 0 Å². The third kappa shape index (κ3) is 2.24. The van der Waals surface area contributed by atoms with Gasteiger partial charge in [-0.05, 0) is 48.1 Å². The molecule has 4 heteroatoms. The van der Waals surface area contributed by atoms with Crippen LogP contribution < -0.4 is 0 Å². The number of benzene rings is 2. The highest BCUT2D eigenvalue weighted by molar-refractivity contribution is 6.30. The Balaban J connectivity index is 2.28. The Bertz CT molecular complexity index is 646. The van der Waals surface area contributed by atoms with Gasteiger partial charge in [-0.25, -0.2) is 0 Å². The van der Waals surface area contributed by atoms with Gasteiger partial charge in [-0.1, -0.05) is 48.0 Å². The largest absolute Gasteiger partial charge is 0.402 e. The van der Waals surface area contributed by atoms with E-state index >= 15 is 0 Å². The first-order valence-electron chi connectivity index (χ1n) is 6.86. The van der Waals surface area contributed by atoms with E-state index in [1.165, 1.54) is 24.3 Å². The van der Waals surface area contributed by atoms with Crippen LogP contribution in [0.1, 0.15) is 29.5 Å². The average molecular weight is 311 g/mol. The molecule has 3 rings (SSSR count). The lowest BCUT2D eigenvalue weighted by molar-refractivity contribution is -0.182. The lowest BCUT2D eigenvalue weighted by atomic mass is 9.65. The summed E-state index contributed by atoms with van der Waals surface area (Å²) >= 11 is 5.83. The van der Waals surface area contributed by atoms with Gasteiger partial charge >= 0.3 is 6.18 Å². The van der Waals surface area contributed by atoms with Crippen molar-refractivity contribution in [2.45, 2.75) is 30.9 Å². The van der Waals surface area contributed by atoms with E-state index in [4.69, 9.17) is 11.6 Å². The molecule has 1 atom stereocenters. The Kier molecular flexibility index (Phi) is 3.48. The molecule has 0 spiro atoms. The van der Waals surface area contributed by atoms with E-state index in [-0.39, 0.29) is 12.0 Å². The number of rotatable bonds is 1. The van der Waals surface area contributed by atoms with Gasteiger partial charge in [0, 0.05) is 5.02 Å². The molecule has 0 saturated carbocycles. The summed E-state index contributed by atoms with van der Waals surface area (Å²) in [6, 6.07) is 12.9. The van der Waals surface area contributed by atoms with Crippen molar-refractivity contribution in [1.29, 1.82) is 0 Å². The summed E-state index contributed by atoms with van der Waals surface area (Å²) in [7, 11) is 0. The van der Waals surface area contributed by atoms with Crippen LogP contribution in [0.5, 0.6) is 0 Å². The van der Waals surface area contributed by atoms with Crippen molar-refractivity contribution in [2.75, 3.05) is 0 Å². The lowest BCUT2D eigenvalue weighted by Crippen LogP contribution is -2.45. The fourth-order valence-electron chi connectivity index (χ4n) is 3.33. The standard InChI is InChI=1S/C17H14ClF3/c18-14-9-7-13(8-10-14)16(17(19,20)21)11-3-5-12-4-1-2-6-15(12)16/h1-2,4,6-10H,3,5,11H2. The highest BCUT2D eigenvalue weighted by Gasteiger charge is 2.58. The second-order valence-corrected chi connectivity index (χ2v) is 5.86. The molecule has 0 radical (unpaired) electrons. The number of aryl methyl sites for hydroxylation is 1. The van der Waals surface area contributed by atoms with Gasteiger partial charge in [0.1, 0.15) is 5.41 Å². The third-order valence-electron chi connectivity index (χ3n) is 4.30. The Morgan fingerprint density at radius 1 is 0.952 bits per heavy atom. The molecule has 0 N–H and O–H groups in total. The third-order valence-corrected chi connectivity index (χ3v) is 4.55. The predicted octanol–water partition coefficient (Wildman–Crippen LogP) is 5.52. The average Bonchev–Trinajstić information content (AvgIpc) is 2.46. The fraction of sp³-hybridized carbons (Fsp3) is 0.294. The van der Waals surface area contributed by atoms with Gasteiger partial charge in [0.2, 0.25) is 0 Å². The molecular formula is C17H14ClF3. The zero-order valence-corrected chi connectivity index (χ0v) is 12.0. The topological polar surface area (TPSA) is 0 Å². The summed E-state index contributed by atoms with van der Waals surface area (Å²) in [6.45, 7) is 0. The molecule has 0 nitrogen and oxygen atoms in total. The Labute approximate surface area is 126 Å². The zero-order valence-electron chi connectivity index (χ0n) is 11.3. The quantitative estimate of drug-likeness (QED) is 0.650. The van der Waals surface area contributed by atoms with Gasteiger partial charge in [-0.3, -0.25) is 0 Å². The van der Waals surface area contributed by atoms with Gasteiger partial charge in [0.05, 0.1) is 0 Å². The second-order valence-electron chi connectivity index (χ2n) is 5.42. The highest BCUT2D eigenvalue weighted by atomic mass is 35.5. The molecule has 0 bridgehead atoms. The van der Waals surface area contributed by atoms with Crippen LogP contribution in [-0.4, -0.2) is 6.18 Å². The summed E-state index contributed by atoms with van der Waals surface area (Å²) in [5.74, 6) is 0. The fourth-order valence-corrected chi connectivity index (χ4v) is 3.45. The van der Waals surface area contributed by atoms with Gasteiger partial charge in [-0.2, -0.15) is 13.2 Å². The first kappa shape index (κ1) is 14.5. The van der Waals surface area contributed by atoms with E-state index in [1.807, 2.05) is 0 Å². The molecule has 0 aromatic heterocycles. The van der Waals surface area contributed by atoms with Crippen LogP contribution in [-0.2, 0) is 11.8 Å². The van der Waals surface area contributed by atoms with Crippen molar-refractivity contribution in [3.63, 3.8) is 0 Å². The Morgan fingerprint density at radius 2 is 1.62 bits per heavy atom. The van der Waals surface area contributed by atoms with Crippen molar-refractivity contribution in [3.05, 3.63) is 70.2 Å². The first-order valence-corrected chi connectivity index (χ1v) is 7.24. The van der Waals surface area contributed by atoms with Crippen LogP contribution in [0, 0.1) is 0 Å². The lowest BCUT2D eigenvalue weighted by Gasteiger charge is -2.41. The van der Waals surface area contributed by atoms with Crippen LogP contribution in [0.3, 0.4) is 0 Å². The van der Waals surface area contributed by atoms with Crippen molar-refractivity contribution < 1.29 is 13.2 Å². The molecule has 2 aromatic carbocycles. The Hall–Kier alpha value is -1.48.